The normalized spacial score (nSPS) is 22.8. The van der Waals surface area contributed by atoms with Crippen LogP contribution in [0, 0.1) is 23.2 Å². The number of hydrogen-bond acceptors (Lipinski definition) is 9. The van der Waals surface area contributed by atoms with Crippen molar-refractivity contribution < 1.29 is 14.6 Å². The molecular weight excluding hydrogens is 444 g/mol. The number of methoxy groups -OCH3 is 1. The highest BCUT2D eigenvalue weighted by Crippen LogP contribution is 2.42. The molecule has 3 aromatic heterocycles. The number of aliphatic hydroxyl groups excluding tert-OH is 1. The van der Waals surface area contributed by atoms with E-state index in [2.05, 4.69) is 35.6 Å². The Labute approximate surface area is 194 Å². The lowest BCUT2D eigenvalue weighted by molar-refractivity contribution is -0.0822. The largest absolute Gasteiger partial charge is 0.370 e. The molecule has 3 N–H and O–H groups in total. The monoisotopic (exact) mass is 468 g/mol. The number of hydrogen-bond donors (Lipinski definition) is 3. The van der Waals surface area contributed by atoms with Gasteiger partial charge in [0.2, 0.25) is 17.2 Å². The van der Waals surface area contributed by atoms with Crippen LogP contribution in [0.2, 0.25) is 0 Å². The summed E-state index contributed by atoms with van der Waals surface area (Å²) >= 11 is 1.01. The van der Waals surface area contributed by atoms with Gasteiger partial charge >= 0.3 is 6.03 Å². The van der Waals surface area contributed by atoms with Gasteiger partial charge in [0.25, 0.3) is 0 Å². The molecule has 5 rings (SSSR count). The van der Waals surface area contributed by atoms with Crippen molar-refractivity contribution in [3.63, 3.8) is 0 Å². The molecule has 4 heterocycles. The van der Waals surface area contributed by atoms with Crippen molar-refractivity contribution in [2.45, 2.75) is 25.2 Å². The highest BCUT2D eigenvalue weighted by molar-refractivity contribution is 7.09. The van der Waals surface area contributed by atoms with E-state index in [1.807, 2.05) is 24.2 Å². The predicted octanol–water partition coefficient (Wildman–Crippen LogP) is 2.30. The molecule has 3 aromatic rings. The molecule has 1 aliphatic carbocycles. The molecule has 2 aliphatic rings. The average Bonchev–Trinajstić information content (AvgIpc) is 3.60. The number of nitriles is 1. The van der Waals surface area contributed by atoms with Crippen LogP contribution in [-0.4, -0.2) is 68.7 Å². The summed E-state index contributed by atoms with van der Waals surface area (Å²) in [5.74, 6) is 0.932. The lowest BCUT2D eigenvalue weighted by atomic mass is 10.0. The Balaban J connectivity index is 1.23. The third kappa shape index (κ3) is 3.88. The summed E-state index contributed by atoms with van der Waals surface area (Å²) in [5.41, 5.74) is 2.25. The van der Waals surface area contributed by atoms with E-state index in [-0.39, 0.29) is 11.9 Å². The molecule has 33 heavy (non-hydrogen) atoms. The van der Waals surface area contributed by atoms with Crippen molar-refractivity contribution in [3.8, 4) is 6.07 Å². The minimum absolute atomic E-state index is 0.131. The topological polar surface area (TPSA) is 143 Å². The summed E-state index contributed by atoms with van der Waals surface area (Å²) in [5, 5.41) is 23.3. The van der Waals surface area contributed by atoms with E-state index < -0.39 is 6.29 Å². The Kier molecular flexibility index (Phi) is 5.61. The van der Waals surface area contributed by atoms with Crippen LogP contribution in [0.1, 0.15) is 30.5 Å². The molecule has 2 fully saturated rings. The van der Waals surface area contributed by atoms with Crippen molar-refractivity contribution in [2.24, 2.45) is 11.8 Å². The van der Waals surface area contributed by atoms with Gasteiger partial charge in [0, 0.05) is 62.6 Å². The molecule has 4 atom stereocenters. The van der Waals surface area contributed by atoms with Gasteiger partial charge in [-0.15, -0.1) is 0 Å². The van der Waals surface area contributed by atoms with Crippen molar-refractivity contribution in [1.82, 2.24) is 24.2 Å². The van der Waals surface area contributed by atoms with Crippen molar-refractivity contribution in [1.29, 1.82) is 5.26 Å². The summed E-state index contributed by atoms with van der Waals surface area (Å²) in [7, 11) is 3.40. The number of amides is 2. The van der Waals surface area contributed by atoms with Crippen LogP contribution >= 0.6 is 11.5 Å². The van der Waals surface area contributed by atoms with E-state index in [1.54, 1.807) is 6.20 Å². The van der Waals surface area contributed by atoms with Gasteiger partial charge in [-0.1, -0.05) is 0 Å². The number of urea groups is 1. The van der Waals surface area contributed by atoms with Gasteiger partial charge in [-0.25, -0.2) is 9.78 Å². The van der Waals surface area contributed by atoms with Crippen LogP contribution in [0.4, 0.5) is 15.6 Å². The van der Waals surface area contributed by atoms with Gasteiger partial charge in [0.15, 0.2) is 0 Å². The van der Waals surface area contributed by atoms with Crippen molar-refractivity contribution in [2.75, 3.05) is 37.5 Å². The molecular formula is C21H24N8O3S. The lowest BCUT2D eigenvalue weighted by Gasteiger charge is -2.29. The molecule has 11 nitrogen and oxygen atoms in total. The average molecular weight is 469 g/mol. The Bertz CT molecular complexity index is 1210. The van der Waals surface area contributed by atoms with E-state index in [9.17, 15) is 15.2 Å². The zero-order valence-electron chi connectivity index (χ0n) is 18.2. The Morgan fingerprint density at radius 1 is 1.45 bits per heavy atom. The number of carbonyl (C=O) groups is 1. The third-order valence-electron chi connectivity index (χ3n) is 6.69. The Morgan fingerprint density at radius 2 is 2.21 bits per heavy atom. The van der Waals surface area contributed by atoms with Gasteiger partial charge in [0.1, 0.15) is 11.7 Å². The van der Waals surface area contributed by atoms with E-state index in [4.69, 9.17) is 4.74 Å². The van der Waals surface area contributed by atoms with Crippen LogP contribution in [0.3, 0.4) is 0 Å². The summed E-state index contributed by atoms with van der Waals surface area (Å²) in [6.07, 6.45) is 4.16. The minimum atomic E-state index is -1.21. The fourth-order valence-corrected chi connectivity index (χ4v) is 5.63. The Hall–Kier alpha value is -3.27. The first kappa shape index (κ1) is 21.6. The first-order chi connectivity index (χ1) is 16.0. The number of likely N-dealkylation sites (tertiary alicyclic amines) is 1. The fourth-order valence-electron chi connectivity index (χ4n) is 5.05. The first-order valence-electron chi connectivity index (χ1n) is 10.7. The summed E-state index contributed by atoms with van der Waals surface area (Å²) in [4.78, 5) is 28.3. The zero-order valence-corrected chi connectivity index (χ0v) is 19.0. The molecule has 1 saturated heterocycles. The van der Waals surface area contributed by atoms with E-state index >= 15 is 0 Å². The zero-order chi connectivity index (χ0) is 23.1. The smallest absolute Gasteiger partial charge is 0.323 e. The molecule has 0 bridgehead atoms. The standard InChI is InChI=1S/C21H24N8O3S/c1-28(16-13(7-22)8-24-17-15(16)3-4-23-17)14-5-11-9-29(10-12(11)6-14)21(31)26-20-25-18(27-33-20)19(30)32-2/h3-4,8,11-12,14,19,30H,5-6,9-10H2,1-2H3,(H,23,24)(H,25,26,27,31)/t11-,12?,14?,19?/m1/s1. The number of aliphatic hydroxyl groups is 1. The maximum atomic E-state index is 12.7. The Morgan fingerprint density at radius 3 is 2.91 bits per heavy atom. The van der Waals surface area contributed by atoms with Crippen LogP contribution < -0.4 is 10.2 Å². The number of fused-ring (bicyclic) bond motifs is 2. The first-order valence-corrected chi connectivity index (χ1v) is 11.4. The minimum Gasteiger partial charge on any atom is -0.370 e. The van der Waals surface area contributed by atoms with Gasteiger partial charge in [-0.05, 0) is 30.7 Å². The van der Waals surface area contributed by atoms with Crippen LogP contribution in [0.25, 0.3) is 11.0 Å². The molecule has 0 aromatic carbocycles. The quantitative estimate of drug-likeness (QED) is 0.484. The number of ether oxygens (including phenoxy) is 1. The van der Waals surface area contributed by atoms with Crippen LogP contribution in [0.5, 0.6) is 0 Å². The maximum Gasteiger partial charge on any atom is 0.323 e. The number of anilines is 2. The van der Waals surface area contributed by atoms with Crippen LogP contribution in [0.15, 0.2) is 18.5 Å². The maximum absolute atomic E-state index is 12.7. The lowest BCUT2D eigenvalue weighted by Crippen LogP contribution is -2.36. The number of aromatic nitrogens is 4. The number of nitrogens with zero attached hydrogens (tertiary/aromatic N) is 6. The molecule has 12 heteroatoms. The van der Waals surface area contributed by atoms with Gasteiger partial charge in [-0.3, -0.25) is 5.32 Å². The summed E-state index contributed by atoms with van der Waals surface area (Å²) in [6.45, 7) is 1.35. The number of pyridine rings is 1. The second-order valence-electron chi connectivity index (χ2n) is 8.51. The van der Waals surface area contributed by atoms with E-state index in [0.29, 0.717) is 41.7 Å². The SMILES string of the molecule is COC(O)c1nsc(NC(=O)N2CC3CC(N(C)c4c(C#N)cnc5[nH]ccc45)C[C@@H]3C2)n1. The van der Waals surface area contributed by atoms with Gasteiger partial charge in [-0.2, -0.15) is 14.6 Å². The highest BCUT2D eigenvalue weighted by atomic mass is 32.1. The number of aromatic amines is 1. The molecule has 0 spiro atoms. The number of nitrogens with one attached hydrogen (secondary N) is 2. The predicted molar refractivity (Wildman–Crippen MR) is 122 cm³/mol. The molecule has 1 aliphatic heterocycles. The second kappa shape index (κ2) is 8.58. The van der Waals surface area contributed by atoms with Crippen molar-refractivity contribution >= 4 is 39.4 Å². The summed E-state index contributed by atoms with van der Waals surface area (Å²) < 4.78 is 8.79. The van der Waals surface area contributed by atoms with E-state index in [1.165, 1.54) is 7.11 Å². The molecule has 3 unspecified atom stereocenters. The number of H-pyrrole nitrogens is 1. The number of rotatable bonds is 5. The van der Waals surface area contributed by atoms with Gasteiger partial charge in [0.05, 0.1) is 11.3 Å². The van der Waals surface area contributed by atoms with Crippen LogP contribution in [-0.2, 0) is 4.74 Å². The molecule has 172 valence electrons. The molecule has 1 saturated carbocycles. The fraction of sp³-hybridized carbons (Fsp3) is 0.476. The number of carbonyl (C=O) groups excluding carboxylic acids is 1. The van der Waals surface area contributed by atoms with Gasteiger partial charge < -0.3 is 24.6 Å². The summed E-state index contributed by atoms with van der Waals surface area (Å²) in [6, 6.07) is 4.32. The third-order valence-corrected chi connectivity index (χ3v) is 7.34. The van der Waals surface area contributed by atoms with E-state index in [0.717, 1.165) is 41.1 Å². The second-order valence-corrected chi connectivity index (χ2v) is 9.26. The molecule has 0 radical (unpaired) electrons. The molecule has 2 amide bonds. The van der Waals surface area contributed by atoms with Crippen molar-refractivity contribution in [3.05, 3.63) is 29.8 Å². The highest BCUT2D eigenvalue weighted by Gasteiger charge is 2.44.